The van der Waals surface area contributed by atoms with Crippen LogP contribution < -0.4 is 0 Å². The van der Waals surface area contributed by atoms with Crippen LogP contribution in [-0.2, 0) is 11.2 Å². The Morgan fingerprint density at radius 1 is 1.42 bits per heavy atom. The van der Waals surface area contributed by atoms with E-state index in [0.717, 1.165) is 12.1 Å². The third-order valence-corrected chi connectivity index (χ3v) is 4.60. The van der Waals surface area contributed by atoms with E-state index >= 15 is 0 Å². The zero-order chi connectivity index (χ0) is 13.3. The molecule has 0 aliphatic heterocycles. The molecular formula is C15H19N3O. The Bertz CT molecular complexity index is 522. The van der Waals surface area contributed by atoms with Crippen molar-refractivity contribution in [3.63, 3.8) is 0 Å². The number of rotatable bonds is 3. The fourth-order valence-electron chi connectivity index (χ4n) is 3.43. The average Bonchev–Trinajstić information content (AvgIpc) is 3.12. The summed E-state index contributed by atoms with van der Waals surface area (Å²) in [5.74, 6) is 0.102. The molecular weight excluding hydrogens is 238 g/mol. The van der Waals surface area contributed by atoms with E-state index < -0.39 is 5.41 Å². The highest BCUT2D eigenvalue weighted by Gasteiger charge is 2.42. The third kappa shape index (κ3) is 2.18. The lowest BCUT2D eigenvalue weighted by Gasteiger charge is -2.16. The van der Waals surface area contributed by atoms with Gasteiger partial charge in [-0.15, -0.1) is 0 Å². The summed E-state index contributed by atoms with van der Waals surface area (Å²) in [6, 6.07) is 4.75. The van der Waals surface area contributed by atoms with Gasteiger partial charge >= 0.3 is 0 Å². The van der Waals surface area contributed by atoms with Crippen molar-refractivity contribution in [2.45, 2.75) is 57.4 Å². The van der Waals surface area contributed by atoms with Gasteiger partial charge in [-0.25, -0.2) is 0 Å². The lowest BCUT2D eigenvalue weighted by molar-refractivity contribution is -0.123. The molecule has 1 aromatic rings. The normalized spacial score (nSPS) is 27.8. The van der Waals surface area contributed by atoms with Crippen LogP contribution in [0.5, 0.6) is 0 Å². The van der Waals surface area contributed by atoms with E-state index in [4.69, 9.17) is 0 Å². The molecule has 0 N–H and O–H groups in total. The van der Waals surface area contributed by atoms with Gasteiger partial charge in [0.25, 0.3) is 0 Å². The Labute approximate surface area is 113 Å². The summed E-state index contributed by atoms with van der Waals surface area (Å²) in [6.07, 6.45) is 9.54. The van der Waals surface area contributed by atoms with Gasteiger partial charge in [0.15, 0.2) is 5.78 Å². The Morgan fingerprint density at radius 2 is 2.21 bits per heavy atom. The summed E-state index contributed by atoms with van der Waals surface area (Å²) in [6.45, 7) is 0. The molecule has 0 amide bonds. The number of nitriles is 1. The standard InChI is InChI=1S/C15H19N3O/c16-11-15(8-3-6-14(15)19)10-12-7-9-18(17-12)13-4-1-2-5-13/h7,9,13H,1-6,8,10H2. The molecule has 1 aromatic heterocycles. The highest BCUT2D eigenvalue weighted by molar-refractivity contribution is 5.89. The minimum atomic E-state index is -0.797. The molecule has 1 unspecified atom stereocenters. The zero-order valence-electron chi connectivity index (χ0n) is 11.1. The molecule has 1 atom stereocenters. The van der Waals surface area contributed by atoms with Crippen molar-refractivity contribution in [2.24, 2.45) is 5.41 Å². The van der Waals surface area contributed by atoms with Crippen LogP contribution in [-0.4, -0.2) is 15.6 Å². The van der Waals surface area contributed by atoms with Crippen LogP contribution in [0.2, 0.25) is 0 Å². The van der Waals surface area contributed by atoms with Crippen molar-refractivity contribution in [1.29, 1.82) is 5.26 Å². The topological polar surface area (TPSA) is 58.7 Å². The number of hydrogen-bond acceptors (Lipinski definition) is 3. The van der Waals surface area contributed by atoms with Gasteiger partial charge in [-0.05, 0) is 31.7 Å². The molecule has 0 bridgehead atoms. The molecule has 0 radical (unpaired) electrons. The minimum absolute atomic E-state index is 0.102. The Morgan fingerprint density at radius 3 is 2.84 bits per heavy atom. The van der Waals surface area contributed by atoms with Gasteiger partial charge in [0, 0.05) is 19.0 Å². The Kier molecular flexibility index (Phi) is 3.14. The SMILES string of the molecule is N#CC1(Cc2ccn(C3CCCC3)n2)CCCC1=O. The maximum Gasteiger partial charge on any atom is 0.153 e. The second kappa shape index (κ2) is 4.80. The number of Topliss-reactive ketones (excluding diaryl/α,β-unsaturated/α-hetero) is 1. The lowest BCUT2D eigenvalue weighted by atomic mass is 9.82. The molecule has 2 aliphatic rings. The zero-order valence-corrected chi connectivity index (χ0v) is 11.1. The van der Waals surface area contributed by atoms with Crippen LogP contribution in [0.4, 0.5) is 0 Å². The van der Waals surface area contributed by atoms with Crippen LogP contribution in [0.1, 0.15) is 56.7 Å². The Hall–Kier alpha value is -1.63. The number of hydrogen-bond donors (Lipinski definition) is 0. The molecule has 2 fully saturated rings. The minimum Gasteiger partial charge on any atom is -0.298 e. The van der Waals surface area contributed by atoms with Crippen LogP contribution in [0.25, 0.3) is 0 Å². The summed E-state index contributed by atoms with van der Waals surface area (Å²) in [7, 11) is 0. The number of ketones is 1. The Balaban J connectivity index is 1.76. The second-order valence-electron chi connectivity index (χ2n) is 5.87. The van der Waals surface area contributed by atoms with Crippen LogP contribution >= 0.6 is 0 Å². The van der Waals surface area contributed by atoms with Gasteiger partial charge in [-0.3, -0.25) is 9.48 Å². The fourth-order valence-corrected chi connectivity index (χ4v) is 3.43. The fraction of sp³-hybridized carbons (Fsp3) is 0.667. The first-order chi connectivity index (χ1) is 9.23. The molecule has 0 saturated heterocycles. The van der Waals surface area contributed by atoms with Crippen LogP contribution in [0.3, 0.4) is 0 Å². The molecule has 19 heavy (non-hydrogen) atoms. The average molecular weight is 257 g/mol. The van der Waals surface area contributed by atoms with E-state index in [9.17, 15) is 10.1 Å². The van der Waals surface area contributed by atoms with E-state index in [0.29, 0.717) is 25.3 Å². The highest BCUT2D eigenvalue weighted by atomic mass is 16.1. The van der Waals surface area contributed by atoms with E-state index in [1.54, 1.807) is 0 Å². The summed E-state index contributed by atoms with van der Waals surface area (Å²) in [5.41, 5.74) is 0.0955. The van der Waals surface area contributed by atoms with E-state index in [1.807, 2.05) is 16.9 Å². The van der Waals surface area contributed by atoms with E-state index in [-0.39, 0.29) is 5.78 Å². The van der Waals surface area contributed by atoms with Crippen molar-refractivity contribution in [1.82, 2.24) is 9.78 Å². The van der Waals surface area contributed by atoms with Gasteiger partial charge in [0.05, 0.1) is 17.8 Å². The third-order valence-electron chi connectivity index (χ3n) is 4.60. The summed E-state index contributed by atoms with van der Waals surface area (Å²) in [4.78, 5) is 11.9. The molecule has 2 saturated carbocycles. The predicted octanol–water partition coefficient (Wildman–Crippen LogP) is 2.80. The quantitative estimate of drug-likeness (QED) is 0.836. The first kappa shape index (κ1) is 12.4. The van der Waals surface area contributed by atoms with Crippen LogP contribution in [0, 0.1) is 16.7 Å². The van der Waals surface area contributed by atoms with Crippen molar-refractivity contribution >= 4 is 5.78 Å². The molecule has 4 heteroatoms. The first-order valence-corrected chi connectivity index (χ1v) is 7.22. The number of carbonyl (C=O) groups is 1. The number of carbonyl (C=O) groups excluding carboxylic acids is 1. The molecule has 100 valence electrons. The maximum atomic E-state index is 11.9. The van der Waals surface area contributed by atoms with Crippen LogP contribution in [0.15, 0.2) is 12.3 Å². The molecule has 2 aliphatic carbocycles. The molecule has 4 nitrogen and oxygen atoms in total. The second-order valence-corrected chi connectivity index (χ2v) is 5.87. The number of nitrogens with zero attached hydrogens (tertiary/aromatic N) is 3. The highest BCUT2D eigenvalue weighted by Crippen LogP contribution is 2.37. The van der Waals surface area contributed by atoms with Gasteiger partial charge in [-0.1, -0.05) is 12.8 Å². The number of aromatic nitrogens is 2. The van der Waals surface area contributed by atoms with Crippen molar-refractivity contribution < 1.29 is 4.79 Å². The van der Waals surface area contributed by atoms with Crippen molar-refractivity contribution in [3.8, 4) is 6.07 Å². The predicted molar refractivity (Wildman–Crippen MR) is 70.3 cm³/mol. The molecule has 0 spiro atoms. The summed E-state index contributed by atoms with van der Waals surface area (Å²) >= 11 is 0. The van der Waals surface area contributed by atoms with Gasteiger partial charge in [0.1, 0.15) is 5.41 Å². The van der Waals surface area contributed by atoms with Gasteiger partial charge in [-0.2, -0.15) is 10.4 Å². The summed E-state index contributed by atoms with van der Waals surface area (Å²) in [5, 5.41) is 14.0. The van der Waals surface area contributed by atoms with E-state index in [1.165, 1.54) is 25.7 Å². The van der Waals surface area contributed by atoms with Gasteiger partial charge < -0.3 is 0 Å². The molecule has 3 rings (SSSR count). The summed E-state index contributed by atoms with van der Waals surface area (Å²) < 4.78 is 2.03. The largest absolute Gasteiger partial charge is 0.298 e. The van der Waals surface area contributed by atoms with Gasteiger partial charge in [0.2, 0.25) is 0 Å². The smallest absolute Gasteiger partial charge is 0.153 e. The molecule has 1 heterocycles. The maximum absolute atomic E-state index is 11.9. The van der Waals surface area contributed by atoms with Crippen molar-refractivity contribution in [3.05, 3.63) is 18.0 Å². The molecule has 0 aromatic carbocycles. The van der Waals surface area contributed by atoms with E-state index in [2.05, 4.69) is 11.2 Å². The lowest BCUT2D eigenvalue weighted by Crippen LogP contribution is -2.26. The van der Waals surface area contributed by atoms with Crippen molar-refractivity contribution in [2.75, 3.05) is 0 Å². The first-order valence-electron chi connectivity index (χ1n) is 7.22. The monoisotopic (exact) mass is 257 g/mol.